The summed E-state index contributed by atoms with van der Waals surface area (Å²) in [5.74, 6) is 0.625. The highest BCUT2D eigenvalue weighted by Gasteiger charge is 2.23. The molecule has 0 atom stereocenters. The van der Waals surface area contributed by atoms with Crippen molar-refractivity contribution in [3.05, 3.63) is 0 Å². The minimum atomic E-state index is -1.06. The van der Waals surface area contributed by atoms with Crippen LogP contribution < -0.4 is 0 Å². The number of aliphatic hydroxyl groups is 2. The average Bonchev–Trinajstić information content (AvgIpc) is 2.17. The molecule has 2 N–H and O–H groups in total. The Morgan fingerprint density at radius 3 is 2.14 bits per heavy atom. The molecule has 1 aliphatic carbocycles. The van der Waals surface area contributed by atoms with Gasteiger partial charge in [-0.1, -0.05) is 0 Å². The van der Waals surface area contributed by atoms with Gasteiger partial charge in [-0.2, -0.15) is 0 Å². The minimum Gasteiger partial charge on any atom is -0.368 e. The summed E-state index contributed by atoms with van der Waals surface area (Å²) in [6.07, 6.45) is 1.91. The van der Waals surface area contributed by atoms with E-state index in [1.165, 1.54) is 12.8 Å². The Morgan fingerprint density at radius 1 is 1.43 bits per heavy atom. The maximum Gasteiger partial charge on any atom is 0.151 e. The smallest absolute Gasteiger partial charge is 0.151 e. The van der Waals surface area contributed by atoms with E-state index >= 15 is 0 Å². The van der Waals surface area contributed by atoms with Crippen molar-refractivity contribution in [2.45, 2.75) is 25.6 Å². The molecule has 2 heteroatoms. The van der Waals surface area contributed by atoms with E-state index in [1.807, 2.05) is 0 Å². The van der Waals surface area contributed by atoms with Crippen LogP contribution in [0, 0.1) is 5.92 Å². The molecule has 0 spiro atoms. The zero-order valence-corrected chi connectivity index (χ0v) is 4.17. The molecule has 0 saturated heterocycles. The van der Waals surface area contributed by atoms with Crippen molar-refractivity contribution in [1.82, 2.24) is 0 Å². The standard InChI is InChI=1S/C5H10O2/c6-5(7)3-4-1-2-4/h4-7H,1-3H2. The Bertz CT molecular complexity index is 57.1. The largest absolute Gasteiger partial charge is 0.368 e. The predicted molar refractivity (Wildman–Crippen MR) is 25.6 cm³/mol. The van der Waals surface area contributed by atoms with Crippen molar-refractivity contribution >= 4 is 0 Å². The van der Waals surface area contributed by atoms with Gasteiger partial charge in [0, 0.05) is 6.42 Å². The maximum absolute atomic E-state index is 8.32. The third kappa shape index (κ3) is 1.90. The average molecular weight is 102 g/mol. The third-order valence-corrected chi connectivity index (χ3v) is 1.24. The normalized spacial score (nSPS) is 21.0. The zero-order chi connectivity index (χ0) is 5.28. The van der Waals surface area contributed by atoms with Crippen LogP contribution in [-0.4, -0.2) is 16.5 Å². The van der Waals surface area contributed by atoms with Crippen molar-refractivity contribution in [2.75, 3.05) is 0 Å². The first-order valence-corrected chi connectivity index (χ1v) is 2.65. The fraction of sp³-hybridized carbons (Fsp3) is 1.00. The van der Waals surface area contributed by atoms with E-state index in [-0.39, 0.29) is 0 Å². The molecule has 0 unspecified atom stereocenters. The van der Waals surface area contributed by atoms with Gasteiger partial charge in [0.05, 0.1) is 0 Å². The Balaban J connectivity index is 1.97. The van der Waals surface area contributed by atoms with E-state index in [4.69, 9.17) is 10.2 Å². The molecule has 0 aromatic rings. The van der Waals surface area contributed by atoms with Crippen molar-refractivity contribution in [1.29, 1.82) is 0 Å². The number of rotatable bonds is 2. The van der Waals surface area contributed by atoms with Crippen molar-refractivity contribution in [3.8, 4) is 0 Å². The van der Waals surface area contributed by atoms with Gasteiger partial charge in [-0.3, -0.25) is 0 Å². The minimum absolute atomic E-state index is 0.583. The van der Waals surface area contributed by atoms with Gasteiger partial charge in [0.2, 0.25) is 0 Å². The quantitative estimate of drug-likeness (QED) is 0.485. The lowest BCUT2D eigenvalue weighted by Gasteiger charge is -1.96. The molecule has 1 aliphatic rings. The lowest BCUT2D eigenvalue weighted by Crippen LogP contribution is -2.03. The first-order chi connectivity index (χ1) is 3.29. The molecule has 0 bridgehead atoms. The highest BCUT2D eigenvalue weighted by molar-refractivity contribution is 4.72. The van der Waals surface area contributed by atoms with Crippen LogP contribution in [0.25, 0.3) is 0 Å². The molecule has 1 saturated carbocycles. The van der Waals surface area contributed by atoms with Gasteiger partial charge in [0.1, 0.15) is 0 Å². The summed E-state index contributed by atoms with van der Waals surface area (Å²) in [5.41, 5.74) is 0. The van der Waals surface area contributed by atoms with Gasteiger partial charge >= 0.3 is 0 Å². The van der Waals surface area contributed by atoms with Crippen LogP contribution in [0.4, 0.5) is 0 Å². The summed E-state index contributed by atoms with van der Waals surface area (Å²) in [7, 11) is 0. The van der Waals surface area contributed by atoms with Crippen LogP contribution >= 0.6 is 0 Å². The molecule has 0 amide bonds. The number of aliphatic hydroxyl groups excluding tert-OH is 1. The molecular weight excluding hydrogens is 92.1 g/mol. The van der Waals surface area contributed by atoms with Gasteiger partial charge in [-0.25, -0.2) is 0 Å². The van der Waals surface area contributed by atoms with Gasteiger partial charge in [0.15, 0.2) is 6.29 Å². The molecule has 0 radical (unpaired) electrons. The van der Waals surface area contributed by atoms with Crippen LogP contribution in [0.15, 0.2) is 0 Å². The van der Waals surface area contributed by atoms with Gasteiger partial charge in [-0.15, -0.1) is 0 Å². The zero-order valence-electron chi connectivity index (χ0n) is 4.17. The summed E-state index contributed by atoms with van der Waals surface area (Å²) in [5, 5.41) is 16.6. The second-order valence-electron chi connectivity index (χ2n) is 2.16. The lowest BCUT2D eigenvalue weighted by molar-refractivity contribution is -0.0488. The summed E-state index contributed by atoms with van der Waals surface area (Å²) < 4.78 is 0. The lowest BCUT2D eigenvalue weighted by atomic mass is 10.3. The molecule has 0 heterocycles. The summed E-state index contributed by atoms with van der Waals surface area (Å²) >= 11 is 0. The monoisotopic (exact) mass is 102 g/mol. The summed E-state index contributed by atoms with van der Waals surface area (Å²) in [4.78, 5) is 0. The molecule has 1 fully saturated rings. The molecular formula is C5H10O2. The molecule has 0 aromatic heterocycles. The number of hydrogen-bond donors (Lipinski definition) is 2. The fourth-order valence-electron chi connectivity index (χ4n) is 0.652. The van der Waals surface area contributed by atoms with Crippen molar-refractivity contribution in [2.24, 2.45) is 5.92 Å². The van der Waals surface area contributed by atoms with E-state index in [0.717, 1.165) is 0 Å². The van der Waals surface area contributed by atoms with Crippen molar-refractivity contribution < 1.29 is 10.2 Å². The van der Waals surface area contributed by atoms with E-state index in [1.54, 1.807) is 0 Å². The maximum atomic E-state index is 8.32. The van der Waals surface area contributed by atoms with Crippen LogP contribution in [-0.2, 0) is 0 Å². The summed E-state index contributed by atoms with van der Waals surface area (Å²) in [6, 6.07) is 0. The SMILES string of the molecule is OC(O)CC1CC1. The second-order valence-corrected chi connectivity index (χ2v) is 2.16. The second kappa shape index (κ2) is 1.80. The first kappa shape index (κ1) is 5.06. The van der Waals surface area contributed by atoms with Crippen LogP contribution in [0.5, 0.6) is 0 Å². The number of hydrogen-bond acceptors (Lipinski definition) is 2. The third-order valence-electron chi connectivity index (χ3n) is 1.24. The van der Waals surface area contributed by atoms with Gasteiger partial charge in [-0.05, 0) is 18.8 Å². The summed E-state index contributed by atoms with van der Waals surface area (Å²) in [6.45, 7) is 0. The fourth-order valence-corrected chi connectivity index (χ4v) is 0.652. The molecule has 0 aromatic carbocycles. The molecule has 0 aliphatic heterocycles. The van der Waals surface area contributed by atoms with E-state index in [0.29, 0.717) is 12.3 Å². The Kier molecular flexibility index (Phi) is 1.30. The van der Waals surface area contributed by atoms with E-state index in [9.17, 15) is 0 Å². The predicted octanol–water partition coefficient (Wildman–Crippen LogP) is 0.0972. The first-order valence-electron chi connectivity index (χ1n) is 2.65. The van der Waals surface area contributed by atoms with Gasteiger partial charge in [0.25, 0.3) is 0 Å². The van der Waals surface area contributed by atoms with Crippen LogP contribution in [0.1, 0.15) is 19.3 Å². The van der Waals surface area contributed by atoms with Crippen molar-refractivity contribution in [3.63, 3.8) is 0 Å². The molecule has 42 valence electrons. The van der Waals surface area contributed by atoms with Gasteiger partial charge < -0.3 is 10.2 Å². The molecule has 1 rings (SSSR count). The van der Waals surface area contributed by atoms with E-state index < -0.39 is 6.29 Å². The Hall–Kier alpha value is -0.0800. The topological polar surface area (TPSA) is 40.5 Å². The molecule has 2 nitrogen and oxygen atoms in total. The Morgan fingerprint density at radius 2 is 2.00 bits per heavy atom. The highest BCUT2D eigenvalue weighted by Crippen LogP contribution is 2.32. The highest BCUT2D eigenvalue weighted by atomic mass is 16.5. The van der Waals surface area contributed by atoms with Crippen LogP contribution in [0.2, 0.25) is 0 Å². The molecule has 7 heavy (non-hydrogen) atoms. The van der Waals surface area contributed by atoms with Crippen LogP contribution in [0.3, 0.4) is 0 Å². The Labute approximate surface area is 42.8 Å². The van der Waals surface area contributed by atoms with E-state index in [2.05, 4.69) is 0 Å².